The molecule has 0 aliphatic heterocycles. The summed E-state index contributed by atoms with van der Waals surface area (Å²) < 4.78 is 24.5. The molecule has 1 heterocycles. The maximum atomic E-state index is 11.1. The van der Waals surface area contributed by atoms with E-state index in [9.17, 15) is 8.42 Å². The quantitative estimate of drug-likeness (QED) is 0.802. The molecule has 5 nitrogen and oxygen atoms in total. The number of nitrogens with one attached hydrogen (secondary N) is 2. The van der Waals surface area contributed by atoms with Gasteiger partial charge >= 0.3 is 0 Å². The first kappa shape index (κ1) is 10.5. The van der Waals surface area contributed by atoms with E-state index in [0.717, 1.165) is 12.0 Å². The van der Waals surface area contributed by atoms with Crippen LogP contribution in [-0.2, 0) is 16.4 Å². The lowest BCUT2D eigenvalue weighted by Gasteiger charge is -2.03. The van der Waals surface area contributed by atoms with E-state index in [1.165, 1.54) is 0 Å². The number of aryl methyl sites for hydroxylation is 1. The lowest BCUT2D eigenvalue weighted by atomic mass is 10.3. The van der Waals surface area contributed by atoms with Crippen LogP contribution in [0, 0.1) is 0 Å². The van der Waals surface area contributed by atoms with Gasteiger partial charge in [-0.15, -0.1) is 0 Å². The molecule has 0 aliphatic rings. The summed E-state index contributed by atoms with van der Waals surface area (Å²) in [5, 5.41) is 6.33. The van der Waals surface area contributed by atoms with E-state index in [0.29, 0.717) is 5.82 Å². The third kappa shape index (κ3) is 2.70. The van der Waals surface area contributed by atoms with E-state index < -0.39 is 10.0 Å². The molecule has 74 valence electrons. The van der Waals surface area contributed by atoms with Crippen LogP contribution in [-0.4, -0.2) is 23.3 Å². The second kappa shape index (κ2) is 4.10. The predicted octanol–water partition coefficient (Wildman–Crippen LogP) is 1.07. The highest BCUT2D eigenvalue weighted by Crippen LogP contribution is 2.13. The Balaban J connectivity index is 2.86. The molecule has 1 rings (SSSR count). The number of hydrogen-bond acceptors (Lipinski definition) is 3. The molecule has 7 heteroatoms. The highest BCUT2D eigenvalue weighted by Gasteiger charge is 2.11. The largest absolute Gasteiger partial charge is 0.267 e. The van der Waals surface area contributed by atoms with Crippen molar-refractivity contribution in [2.45, 2.75) is 13.3 Å². The van der Waals surface area contributed by atoms with Gasteiger partial charge in [-0.2, -0.15) is 5.10 Å². The van der Waals surface area contributed by atoms with Gasteiger partial charge in [-0.05, 0) is 6.42 Å². The Hall–Kier alpha value is -0.560. The van der Waals surface area contributed by atoms with Crippen LogP contribution in [0.5, 0.6) is 0 Å². The number of alkyl halides is 1. The van der Waals surface area contributed by atoms with E-state index in [4.69, 9.17) is 0 Å². The molecule has 0 spiro atoms. The number of aromatic amines is 1. The Labute approximate surface area is 85.1 Å². The third-order valence-electron chi connectivity index (χ3n) is 1.50. The van der Waals surface area contributed by atoms with Gasteiger partial charge < -0.3 is 0 Å². The standard InChI is InChI=1S/C6H10BrN3O2S/c1-2-5-3-8-9-6(5)10-13(11,12)4-7/h3H,2,4H2,1H3,(H2,8,9,10). The highest BCUT2D eigenvalue weighted by molar-refractivity contribution is 9.10. The molecule has 0 saturated carbocycles. The Morgan fingerprint density at radius 2 is 2.38 bits per heavy atom. The zero-order valence-electron chi connectivity index (χ0n) is 7.04. The van der Waals surface area contributed by atoms with E-state index in [2.05, 4.69) is 30.8 Å². The highest BCUT2D eigenvalue weighted by atomic mass is 79.9. The van der Waals surface area contributed by atoms with Crippen LogP contribution in [0.1, 0.15) is 12.5 Å². The van der Waals surface area contributed by atoms with Gasteiger partial charge in [0.1, 0.15) is 10.5 Å². The van der Waals surface area contributed by atoms with Gasteiger partial charge in [0.2, 0.25) is 10.0 Å². The second-order valence-corrected chi connectivity index (χ2v) is 5.48. The molecule has 0 aromatic carbocycles. The summed E-state index contributed by atoms with van der Waals surface area (Å²) in [5.41, 5.74) is 0.851. The van der Waals surface area contributed by atoms with E-state index in [1.807, 2.05) is 6.92 Å². The van der Waals surface area contributed by atoms with Crippen LogP contribution in [0.3, 0.4) is 0 Å². The summed E-state index contributed by atoms with van der Waals surface area (Å²) >= 11 is 2.88. The van der Waals surface area contributed by atoms with Crippen molar-refractivity contribution in [3.63, 3.8) is 0 Å². The van der Waals surface area contributed by atoms with Crippen LogP contribution < -0.4 is 4.72 Å². The summed E-state index contributed by atoms with van der Waals surface area (Å²) in [6.45, 7) is 1.93. The number of nitrogens with zero attached hydrogens (tertiary/aromatic N) is 1. The Bertz CT molecular complexity index is 373. The van der Waals surface area contributed by atoms with Crippen molar-refractivity contribution in [2.24, 2.45) is 0 Å². The number of sulfonamides is 1. The number of halogens is 1. The first-order chi connectivity index (χ1) is 6.09. The average molecular weight is 268 g/mol. The van der Waals surface area contributed by atoms with Gasteiger partial charge in [0.05, 0.1) is 6.20 Å². The van der Waals surface area contributed by atoms with Crippen molar-refractivity contribution in [3.8, 4) is 0 Å². The molecule has 0 saturated heterocycles. The summed E-state index contributed by atoms with van der Waals surface area (Å²) in [4.78, 5) is 0. The summed E-state index contributed by atoms with van der Waals surface area (Å²) in [6, 6.07) is 0. The molecule has 1 aromatic heterocycles. The maximum Gasteiger partial charge on any atom is 0.243 e. The predicted molar refractivity (Wildman–Crippen MR) is 54.3 cm³/mol. The molecule has 1 aromatic rings. The monoisotopic (exact) mass is 267 g/mol. The van der Waals surface area contributed by atoms with Gasteiger partial charge in [0.25, 0.3) is 0 Å². The normalized spacial score (nSPS) is 11.5. The van der Waals surface area contributed by atoms with E-state index in [-0.39, 0.29) is 4.66 Å². The molecule has 13 heavy (non-hydrogen) atoms. The van der Waals surface area contributed by atoms with Gasteiger partial charge in [-0.1, -0.05) is 22.9 Å². The van der Waals surface area contributed by atoms with Crippen LogP contribution in [0.2, 0.25) is 0 Å². The molecule has 2 N–H and O–H groups in total. The first-order valence-corrected chi connectivity index (χ1v) is 6.45. The molecule has 0 bridgehead atoms. The lowest BCUT2D eigenvalue weighted by Crippen LogP contribution is -2.14. The van der Waals surface area contributed by atoms with Gasteiger partial charge in [0.15, 0.2) is 0 Å². The summed E-state index contributed by atoms with van der Waals surface area (Å²) in [6.07, 6.45) is 2.34. The smallest absolute Gasteiger partial charge is 0.243 e. The fourth-order valence-corrected chi connectivity index (χ4v) is 1.74. The molecule has 0 fully saturated rings. The number of H-pyrrole nitrogens is 1. The molecular formula is C6H10BrN3O2S. The minimum Gasteiger partial charge on any atom is -0.267 e. The van der Waals surface area contributed by atoms with Crippen molar-refractivity contribution in [2.75, 3.05) is 9.38 Å². The Kier molecular flexibility index (Phi) is 3.32. The topological polar surface area (TPSA) is 74.8 Å². The number of hydrogen-bond donors (Lipinski definition) is 2. The maximum absolute atomic E-state index is 11.1. The number of anilines is 1. The molecule has 0 unspecified atom stereocenters. The Morgan fingerprint density at radius 1 is 1.69 bits per heavy atom. The van der Waals surface area contributed by atoms with Crippen LogP contribution in [0.15, 0.2) is 6.20 Å². The fourth-order valence-electron chi connectivity index (χ4n) is 0.850. The minimum absolute atomic E-state index is 0.123. The summed E-state index contributed by atoms with van der Waals surface area (Å²) in [7, 11) is -3.28. The average Bonchev–Trinajstić information content (AvgIpc) is 2.51. The van der Waals surface area contributed by atoms with Crippen molar-refractivity contribution < 1.29 is 8.42 Å². The lowest BCUT2D eigenvalue weighted by molar-refractivity contribution is 0.605. The van der Waals surface area contributed by atoms with Gasteiger partial charge in [0, 0.05) is 5.56 Å². The molecule has 0 amide bonds. The molecule has 0 atom stereocenters. The number of aromatic nitrogens is 2. The van der Waals surface area contributed by atoms with E-state index >= 15 is 0 Å². The first-order valence-electron chi connectivity index (χ1n) is 3.67. The summed E-state index contributed by atoms with van der Waals surface area (Å²) in [5.74, 6) is 0.446. The third-order valence-corrected chi connectivity index (χ3v) is 4.11. The zero-order chi connectivity index (χ0) is 9.90. The molecular weight excluding hydrogens is 258 g/mol. The van der Waals surface area contributed by atoms with Gasteiger partial charge in [-0.3, -0.25) is 9.82 Å². The van der Waals surface area contributed by atoms with Crippen molar-refractivity contribution >= 4 is 31.8 Å². The molecule has 0 aliphatic carbocycles. The van der Waals surface area contributed by atoms with Crippen LogP contribution in [0.4, 0.5) is 5.82 Å². The molecule has 0 radical (unpaired) electrons. The van der Waals surface area contributed by atoms with Crippen molar-refractivity contribution in [3.05, 3.63) is 11.8 Å². The van der Waals surface area contributed by atoms with E-state index in [1.54, 1.807) is 6.20 Å². The van der Waals surface area contributed by atoms with Crippen molar-refractivity contribution in [1.82, 2.24) is 10.2 Å². The van der Waals surface area contributed by atoms with Crippen molar-refractivity contribution in [1.29, 1.82) is 0 Å². The number of rotatable bonds is 4. The fraction of sp³-hybridized carbons (Fsp3) is 0.500. The second-order valence-electron chi connectivity index (χ2n) is 2.45. The van der Waals surface area contributed by atoms with Crippen LogP contribution >= 0.6 is 15.9 Å². The SMILES string of the molecule is CCc1cn[nH]c1NS(=O)(=O)CBr. The van der Waals surface area contributed by atoms with Crippen LogP contribution in [0.25, 0.3) is 0 Å². The van der Waals surface area contributed by atoms with Gasteiger partial charge in [-0.25, -0.2) is 8.42 Å². The Morgan fingerprint density at radius 3 is 2.92 bits per heavy atom. The minimum atomic E-state index is -3.28. The zero-order valence-corrected chi connectivity index (χ0v) is 9.44.